The van der Waals surface area contributed by atoms with Crippen LogP contribution in [0.15, 0.2) is 17.1 Å². The zero-order valence-electron chi connectivity index (χ0n) is 19.4. The van der Waals surface area contributed by atoms with E-state index in [9.17, 15) is 24.3 Å². The van der Waals surface area contributed by atoms with Gasteiger partial charge in [-0.05, 0) is 37.7 Å². The summed E-state index contributed by atoms with van der Waals surface area (Å²) < 4.78 is 2.58. The van der Waals surface area contributed by atoms with Crippen molar-refractivity contribution in [3.8, 4) is 5.88 Å². The largest absolute Gasteiger partial charge is 0.492 e. The normalized spacial score (nSPS) is 17.1. The molecule has 2 aromatic rings. The molecule has 1 saturated heterocycles. The van der Waals surface area contributed by atoms with Gasteiger partial charge in [0, 0.05) is 43.2 Å². The zero-order valence-corrected chi connectivity index (χ0v) is 19.4. The highest BCUT2D eigenvalue weighted by atomic mass is 16.3. The van der Waals surface area contributed by atoms with E-state index in [1.165, 1.54) is 16.8 Å². The number of carbonyl (C=O) groups is 3. The number of nitrogens with two attached hydrogens (primary N) is 1. The van der Waals surface area contributed by atoms with Crippen LogP contribution in [0.2, 0.25) is 0 Å². The SMILES string of the molecule is CC(C)Cn1c(=O)c(C(=O)NC2CC2)c(O)n2ncc(/C=C/C(=O)N3CCC(C(N)=O)CC3)c12. The fraction of sp³-hybridized carbons (Fsp3) is 0.522. The molecule has 0 radical (unpaired) electrons. The Morgan fingerprint density at radius 1 is 1.24 bits per heavy atom. The zero-order chi connectivity index (χ0) is 24.6. The van der Waals surface area contributed by atoms with Gasteiger partial charge in [0.1, 0.15) is 5.65 Å². The first kappa shape index (κ1) is 23.5. The lowest BCUT2D eigenvalue weighted by Gasteiger charge is -2.29. The number of hydrogen-bond donors (Lipinski definition) is 3. The van der Waals surface area contributed by atoms with Gasteiger partial charge in [-0.1, -0.05) is 13.8 Å². The number of aromatic hydroxyl groups is 1. The van der Waals surface area contributed by atoms with Crippen LogP contribution >= 0.6 is 0 Å². The summed E-state index contributed by atoms with van der Waals surface area (Å²) in [5, 5.41) is 17.7. The molecule has 0 aromatic carbocycles. The van der Waals surface area contributed by atoms with Gasteiger partial charge in [-0.25, -0.2) is 0 Å². The van der Waals surface area contributed by atoms with Crippen molar-refractivity contribution in [2.45, 2.75) is 52.1 Å². The van der Waals surface area contributed by atoms with Crippen LogP contribution in [0.4, 0.5) is 0 Å². The van der Waals surface area contributed by atoms with Gasteiger partial charge >= 0.3 is 0 Å². The highest BCUT2D eigenvalue weighted by Crippen LogP contribution is 2.24. The quantitative estimate of drug-likeness (QED) is 0.501. The molecule has 3 amide bonds. The van der Waals surface area contributed by atoms with Gasteiger partial charge in [0.15, 0.2) is 5.56 Å². The molecule has 3 heterocycles. The fourth-order valence-electron chi connectivity index (χ4n) is 4.20. The number of rotatable bonds is 7. The van der Waals surface area contributed by atoms with E-state index in [1.54, 1.807) is 11.0 Å². The van der Waals surface area contributed by atoms with Crippen molar-refractivity contribution in [1.29, 1.82) is 0 Å². The third-order valence-electron chi connectivity index (χ3n) is 6.21. The first-order valence-corrected chi connectivity index (χ1v) is 11.6. The van der Waals surface area contributed by atoms with Crippen LogP contribution in [-0.2, 0) is 16.1 Å². The number of piperidine rings is 1. The number of aromatic nitrogens is 3. The summed E-state index contributed by atoms with van der Waals surface area (Å²) >= 11 is 0. The van der Waals surface area contributed by atoms with E-state index in [-0.39, 0.29) is 35.3 Å². The van der Waals surface area contributed by atoms with Crippen LogP contribution in [0.1, 0.15) is 55.5 Å². The average molecular weight is 471 g/mol. The van der Waals surface area contributed by atoms with E-state index in [2.05, 4.69) is 10.4 Å². The molecule has 1 saturated carbocycles. The maximum Gasteiger partial charge on any atom is 0.270 e. The van der Waals surface area contributed by atoms with Crippen molar-refractivity contribution in [2.24, 2.45) is 17.6 Å². The molecule has 0 bridgehead atoms. The Bertz CT molecular complexity index is 1210. The minimum Gasteiger partial charge on any atom is -0.492 e. The number of likely N-dealkylation sites (tertiary alicyclic amines) is 1. The number of hydrogen-bond acceptors (Lipinski definition) is 6. The number of nitrogens with zero attached hydrogens (tertiary/aromatic N) is 4. The third-order valence-corrected chi connectivity index (χ3v) is 6.21. The number of primary amides is 1. The minimum atomic E-state index is -0.619. The van der Waals surface area contributed by atoms with Gasteiger partial charge in [0.25, 0.3) is 11.5 Å². The standard InChI is InChI=1S/C23H30N6O5/c1-13(2)12-28-21-15(3-6-17(30)27-9-7-14(8-10-27)19(24)31)11-25-29(21)23(34)18(22(28)33)20(32)26-16-4-5-16/h3,6,11,13-14,16,34H,4-5,7-10,12H2,1-2H3,(H2,24,31)(H,26,32)/b6-3+. The van der Waals surface area contributed by atoms with Crippen LogP contribution in [-0.4, -0.2) is 61.0 Å². The number of fused-ring (bicyclic) bond motifs is 1. The Morgan fingerprint density at radius 3 is 2.50 bits per heavy atom. The second-order valence-corrected chi connectivity index (χ2v) is 9.43. The van der Waals surface area contributed by atoms with E-state index in [4.69, 9.17) is 5.73 Å². The predicted molar refractivity (Wildman–Crippen MR) is 124 cm³/mol. The summed E-state index contributed by atoms with van der Waals surface area (Å²) in [4.78, 5) is 51.6. The summed E-state index contributed by atoms with van der Waals surface area (Å²) in [6.07, 6.45) is 7.12. The fourth-order valence-corrected chi connectivity index (χ4v) is 4.20. The van der Waals surface area contributed by atoms with E-state index in [0.717, 1.165) is 17.4 Å². The molecule has 34 heavy (non-hydrogen) atoms. The molecule has 182 valence electrons. The Labute approximate surface area is 196 Å². The van der Waals surface area contributed by atoms with Gasteiger partial charge in [0.05, 0.1) is 6.20 Å². The van der Waals surface area contributed by atoms with Crippen LogP contribution in [0.5, 0.6) is 5.88 Å². The molecular formula is C23H30N6O5. The van der Waals surface area contributed by atoms with E-state index in [0.29, 0.717) is 43.7 Å². The molecule has 4 rings (SSSR count). The summed E-state index contributed by atoms with van der Waals surface area (Å²) in [5.41, 5.74) is 5.17. The van der Waals surface area contributed by atoms with Gasteiger partial charge in [-0.2, -0.15) is 9.61 Å². The molecule has 2 aromatic heterocycles. The number of nitrogens with one attached hydrogen (secondary N) is 1. The number of carbonyl (C=O) groups excluding carboxylic acids is 3. The summed E-state index contributed by atoms with van der Waals surface area (Å²) in [6.45, 7) is 5.04. The van der Waals surface area contributed by atoms with Crippen LogP contribution < -0.4 is 16.6 Å². The molecule has 2 aliphatic rings. The molecule has 1 aliphatic heterocycles. The summed E-state index contributed by atoms with van der Waals surface area (Å²) in [5.74, 6) is -1.87. The Hall–Kier alpha value is -3.63. The van der Waals surface area contributed by atoms with Crippen molar-refractivity contribution in [2.75, 3.05) is 13.1 Å². The molecule has 11 nitrogen and oxygen atoms in total. The first-order chi connectivity index (χ1) is 16.2. The Kier molecular flexibility index (Phi) is 6.45. The van der Waals surface area contributed by atoms with E-state index >= 15 is 0 Å². The second kappa shape index (κ2) is 9.32. The minimum absolute atomic E-state index is 0.0238. The van der Waals surface area contributed by atoms with Crippen molar-refractivity contribution in [1.82, 2.24) is 24.4 Å². The van der Waals surface area contributed by atoms with E-state index in [1.807, 2.05) is 13.8 Å². The summed E-state index contributed by atoms with van der Waals surface area (Å²) in [6, 6.07) is 0.0238. The highest BCUT2D eigenvalue weighted by Gasteiger charge is 2.30. The first-order valence-electron chi connectivity index (χ1n) is 11.6. The lowest BCUT2D eigenvalue weighted by molar-refractivity contribution is -0.130. The van der Waals surface area contributed by atoms with Crippen molar-refractivity contribution < 1.29 is 19.5 Å². The number of amides is 3. The third kappa shape index (κ3) is 4.68. The summed E-state index contributed by atoms with van der Waals surface area (Å²) in [7, 11) is 0. The topological polar surface area (TPSA) is 152 Å². The van der Waals surface area contributed by atoms with E-state index < -0.39 is 17.3 Å². The molecule has 0 atom stereocenters. The Morgan fingerprint density at radius 2 is 1.91 bits per heavy atom. The van der Waals surface area contributed by atoms with Gasteiger partial charge in [-0.15, -0.1) is 0 Å². The second-order valence-electron chi connectivity index (χ2n) is 9.43. The molecular weight excluding hydrogens is 440 g/mol. The smallest absolute Gasteiger partial charge is 0.270 e. The molecule has 0 unspecified atom stereocenters. The molecule has 4 N–H and O–H groups in total. The average Bonchev–Trinajstić information content (AvgIpc) is 3.50. The monoisotopic (exact) mass is 470 g/mol. The predicted octanol–water partition coefficient (Wildman–Crippen LogP) is 0.487. The molecule has 1 aliphatic carbocycles. The van der Waals surface area contributed by atoms with Crippen LogP contribution in [0, 0.1) is 11.8 Å². The Balaban J connectivity index is 1.66. The van der Waals surface area contributed by atoms with Gasteiger partial charge < -0.3 is 21.1 Å². The maximum atomic E-state index is 13.3. The molecule has 0 spiro atoms. The highest BCUT2D eigenvalue weighted by molar-refractivity contribution is 5.97. The maximum absolute atomic E-state index is 13.3. The van der Waals surface area contributed by atoms with Crippen molar-refractivity contribution in [3.05, 3.63) is 33.8 Å². The molecule has 11 heteroatoms. The van der Waals surface area contributed by atoms with Crippen LogP contribution in [0.3, 0.4) is 0 Å². The lowest BCUT2D eigenvalue weighted by atomic mass is 9.96. The van der Waals surface area contributed by atoms with Gasteiger partial charge in [-0.3, -0.25) is 23.7 Å². The lowest BCUT2D eigenvalue weighted by Crippen LogP contribution is -2.41. The van der Waals surface area contributed by atoms with Crippen molar-refractivity contribution in [3.63, 3.8) is 0 Å². The van der Waals surface area contributed by atoms with Gasteiger partial charge in [0.2, 0.25) is 17.7 Å². The molecule has 2 fully saturated rings. The van der Waals surface area contributed by atoms with Crippen LogP contribution in [0.25, 0.3) is 11.7 Å². The van der Waals surface area contributed by atoms with Crippen molar-refractivity contribution >= 4 is 29.4 Å².